The Balaban J connectivity index is 1.18. The molecule has 0 atom stereocenters. The number of rotatable bonds is 10. The fourth-order valence-electron chi connectivity index (χ4n) is 3.67. The Kier molecular flexibility index (Phi) is 7.27. The van der Waals surface area contributed by atoms with Gasteiger partial charge in [0.15, 0.2) is 0 Å². The number of tetrazole rings is 1. The monoisotopic (exact) mass is 486 g/mol. The van der Waals surface area contributed by atoms with Gasteiger partial charge in [0.2, 0.25) is 5.82 Å². The lowest BCUT2D eigenvalue weighted by Gasteiger charge is -2.20. The molecule has 182 valence electrons. The summed E-state index contributed by atoms with van der Waals surface area (Å²) in [4.78, 5) is 5.51. The Morgan fingerprint density at radius 1 is 1.09 bits per heavy atom. The zero-order chi connectivity index (χ0) is 24.1. The van der Waals surface area contributed by atoms with E-state index in [1.54, 1.807) is 16.9 Å². The second-order valence-corrected chi connectivity index (χ2v) is 10.2. The third kappa shape index (κ3) is 5.45. The van der Waals surface area contributed by atoms with Crippen molar-refractivity contribution >= 4 is 21.7 Å². The van der Waals surface area contributed by atoms with Gasteiger partial charge in [0, 0.05) is 37.5 Å². The number of ether oxygens (including phenoxy) is 1. The molecular weight excluding hydrogens is 456 g/mol. The van der Waals surface area contributed by atoms with Crippen LogP contribution in [0.15, 0.2) is 42.6 Å². The van der Waals surface area contributed by atoms with Crippen molar-refractivity contribution in [2.24, 2.45) is 0 Å². The Labute approximate surface area is 199 Å². The van der Waals surface area contributed by atoms with E-state index in [9.17, 15) is 8.42 Å². The zero-order valence-electron chi connectivity index (χ0n) is 19.4. The molecule has 1 aliphatic rings. The topological polar surface area (TPSA) is 132 Å². The lowest BCUT2D eigenvalue weighted by Crippen LogP contribution is -2.33. The van der Waals surface area contributed by atoms with Crippen molar-refractivity contribution in [2.75, 3.05) is 36.3 Å². The maximum atomic E-state index is 12.8. The minimum atomic E-state index is -3.53. The molecule has 1 aliphatic heterocycles. The molecule has 34 heavy (non-hydrogen) atoms. The number of hydrogen-bond donors (Lipinski definition) is 1. The number of anilines is 2. The number of nitrogens with two attached hydrogens (primary N) is 1. The summed E-state index contributed by atoms with van der Waals surface area (Å²) in [5.74, 6) is 1.66. The van der Waals surface area contributed by atoms with E-state index in [0.717, 1.165) is 30.6 Å². The molecule has 0 unspecified atom stereocenters. The molecule has 0 radical (unpaired) electrons. The number of unbranched alkanes of at least 4 members (excludes halogenated alkanes) is 2. The highest BCUT2D eigenvalue weighted by molar-refractivity contribution is 7.90. The van der Waals surface area contributed by atoms with Crippen molar-refractivity contribution in [1.29, 1.82) is 0 Å². The maximum absolute atomic E-state index is 12.8. The average Bonchev–Trinajstić information content (AvgIpc) is 3.41. The predicted octanol–water partition coefficient (Wildman–Crippen LogP) is 2.51. The fraction of sp³-hybridized carbons (Fsp3) is 0.455. The van der Waals surface area contributed by atoms with E-state index in [4.69, 9.17) is 10.5 Å². The van der Waals surface area contributed by atoms with Crippen LogP contribution < -0.4 is 14.8 Å². The van der Waals surface area contributed by atoms with Crippen molar-refractivity contribution in [3.63, 3.8) is 0 Å². The number of hydrogen-bond acceptors (Lipinski definition) is 8. The number of pyridine rings is 1. The van der Waals surface area contributed by atoms with Gasteiger partial charge in [-0.25, -0.2) is 4.98 Å². The smallest absolute Gasteiger partial charge is 0.304 e. The molecule has 0 spiro atoms. The molecule has 3 heterocycles. The van der Waals surface area contributed by atoms with E-state index in [2.05, 4.69) is 20.4 Å². The highest BCUT2D eigenvalue weighted by atomic mass is 32.2. The molecule has 1 aromatic carbocycles. The Morgan fingerprint density at radius 3 is 2.59 bits per heavy atom. The van der Waals surface area contributed by atoms with Crippen molar-refractivity contribution in [2.45, 2.75) is 39.2 Å². The van der Waals surface area contributed by atoms with Gasteiger partial charge in [-0.15, -0.1) is 10.2 Å². The minimum Gasteiger partial charge on any atom is -0.494 e. The highest BCUT2D eigenvalue weighted by Gasteiger charge is 2.36. The van der Waals surface area contributed by atoms with Crippen LogP contribution in [-0.2, 0) is 10.2 Å². The van der Waals surface area contributed by atoms with Gasteiger partial charge in [0.1, 0.15) is 11.6 Å². The summed E-state index contributed by atoms with van der Waals surface area (Å²) in [6, 6.07) is 11.0. The molecule has 2 aromatic heterocycles. The van der Waals surface area contributed by atoms with Gasteiger partial charge in [-0.3, -0.25) is 4.31 Å². The summed E-state index contributed by atoms with van der Waals surface area (Å²) in [6.45, 7) is 5.93. The number of benzene rings is 1. The van der Waals surface area contributed by atoms with E-state index in [1.807, 2.05) is 38.1 Å². The first-order chi connectivity index (χ1) is 16.3. The molecule has 2 N–H and O–H groups in total. The van der Waals surface area contributed by atoms with E-state index < -0.39 is 10.2 Å². The Bertz CT molecular complexity index is 1200. The number of aromatic nitrogens is 5. The van der Waals surface area contributed by atoms with Gasteiger partial charge in [0.25, 0.3) is 0 Å². The normalized spacial score (nSPS) is 15.8. The van der Waals surface area contributed by atoms with E-state index in [0.29, 0.717) is 43.6 Å². The van der Waals surface area contributed by atoms with Gasteiger partial charge >= 0.3 is 10.2 Å². The van der Waals surface area contributed by atoms with Crippen LogP contribution in [0.4, 0.5) is 11.5 Å². The molecular formula is C22H30N8O3S. The minimum absolute atomic E-state index is 0.161. The summed E-state index contributed by atoms with van der Waals surface area (Å²) < 4.78 is 34.4. The Morgan fingerprint density at radius 2 is 1.88 bits per heavy atom. The van der Waals surface area contributed by atoms with Gasteiger partial charge in [-0.05, 0) is 68.7 Å². The number of nitrogens with zero attached hydrogens (tertiary/aromatic N) is 7. The Hall–Kier alpha value is -3.25. The van der Waals surface area contributed by atoms with Crippen LogP contribution in [0.1, 0.15) is 39.2 Å². The summed E-state index contributed by atoms with van der Waals surface area (Å²) in [5.41, 5.74) is 7.13. The van der Waals surface area contributed by atoms with Crippen molar-refractivity contribution < 1.29 is 13.2 Å². The molecule has 0 bridgehead atoms. The molecule has 3 aromatic rings. The van der Waals surface area contributed by atoms with Gasteiger partial charge in [-0.1, -0.05) is 0 Å². The molecule has 0 saturated carbocycles. The molecule has 1 fully saturated rings. The van der Waals surface area contributed by atoms with Crippen LogP contribution in [0, 0.1) is 0 Å². The largest absolute Gasteiger partial charge is 0.494 e. The highest BCUT2D eigenvalue weighted by Crippen LogP contribution is 2.26. The lowest BCUT2D eigenvalue weighted by molar-refractivity contribution is 0.302. The second kappa shape index (κ2) is 10.3. The van der Waals surface area contributed by atoms with Crippen LogP contribution in [0.25, 0.3) is 11.4 Å². The SMILES string of the molecule is CC(C)n1nnc(-c2ccc(OCCCCCN3CCN(c4ccnc(N)c4)S3(=O)=O)cc2)n1. The summed E-state index contributed by atoms with van der Waals surface area (Å²) in [5, 5.41) is 12.5. The zero-order valence-corrected chi connectivity index (χ0v) is 20.2. The van der Waals surface area contributed by atoms with E-state index in [-0.39, 0.29) is 6.04 Å². The first kappa shape index (κ1) is 23.9. The molecule has 11 nitrogen and oxygen atoms in total. The third-order valence-corrected chi connectivity index (χ3v) is 7.50. The van der Waals surface area contributed by atoms with Crippen LogP contribution in [-0.4, -0.2) is 64.2 Å². The molecule has 12 heteroatoms. The predicted molar refractivity (Wildman–Crippen MR) is 129 cm³/mol. The fourth-order valence-corrected chi connectivity index (χ4v) is 5.31. The number of nitrogen functional groups attached to an aromatic ring is 1. The average molecular weight is 487 g/mol. The first-order valence-corrected chi connectivity index (χ1v) is 12.8. The molecule has 1 saturated heterocycles. The molecule has 0 aliphatic carbocycles. The van der Waals surface area contributed by atoms with Gasteiger partial charge in [-0.2, -0.15) is 17.5 Å². The van der Waals surface area contributed by atoms with Crippen LogP contribution in [0.5, 0.6) is 5.75 Å². The molecule has 4 rings (SSSR count). The lowest BCUT2D eigenvalue weighted by atomic mass is 10.2. The van der Waals surface area contributed by atoms with Crippen LogP contribution in [0.3, 0.4) is 0 Å². The maximum Gasteiger partial charge on any atom is 0.304 e. The van der Waals surface area contributed by atoms with Crippen LogP contribution in [0.2, 0.25) is 0 Å². The quantitative estimate of drug-likeness (QED) is 0.432. The molecule has 0 amide bonds. The third-order valence-electron chi connectivity index (χ3n) is 5.53. The second-order valence-electron chi connectivity index (χ2n) is 8.38. The van der Waals surface area contributed by atoms with E-state index >= 15 is 0 Å². The van der Waals surface area contributed by atoms with Gasteiger partial charge < -0.3 is 10.5 Å². The van der Waals surface area contributed by atoms with E-state index in [1.165, 1.54) is 14.8 Å². The standard InChI is InChI=1S/C22H30N8O3S/c1-17(2)30-26-22(25-27-30)18-6-8-20(9-7-18)33-15-5-3-4-12-28-13-14-29(34(28,31)32)19-10-11-24-21(23)16-19/h6-11,16-17H,3-5,12-15H2,1-2H3,(H2,23,24). The summed E-state index contributed by atoms with van der Waals surface area (Å²) in [6.07, 6.45) is 3.99. The first-order valence-electron chi connectivity index (χ1n) is 11.4. The van der Waals surface area contributed by atoms with Crippen LogP contribution >= 0.6 is 0 Å². The van der Waals surface area contributed by atoms with Crippen molar-refractivity contribution in [3.05, 3.63) is 42.6 Å². The summed E-state index contributed by atoms with van der Waals surface area (Å²) >= 11 is 0. The van der Waals surface area contributed by atoms with Crippen molar-refractivity contribution in [3.8, 4) is 17.1 Å². The van der Waals surface area contributed by atoms with Crippen molar-refractivity contribution in [1.82, 2.24) is 29.5 Å². The van der Waals surface area contributed by atoms with Gasteiger partial charge in [0.05, 0.1) is 18.3 Å². The summed E-state index contributed by atoms with van der Waals surface area (Å²) in [7, 11) is -3.53.